The molecule has 4 heteroatoms. The summed E-state index contributed by atoms with van der Waals surface area (Å²) in [6.07, 6.45) is 0.629. The van der Waals surface area contributed by atoms with Gasteiger partial charge in [0.1, 0.15) is 11.9 Å². The number of halogens is 2. The van der Waals surface area contributed by atoms with E-state index >= 15 is 0 Å². The molecule has 2 N–H and O–H groups in total. The van der Waals surface area contributed by atoms with E-state index in [1.807, 2.05) is 49.4 Å². The average Bonchev–Trinajstić information content (AvgIpc) is 2.48. The minimum atomic E-state index is -0.203. The van der Waals surface area contributed by atoms with Gasteiger partial charge < -0.3 is 10.5 Å². The molecule has 0 bridgehead atoms. The predicted molar refractivity (Wildman–Crippen MR) is 92.0 cm³/mol. The normalized spacial score (nSPS) is 13.8. The number of ether oxygens (including phenoxy) is 1. The zero-order chi connectivity index (χ0) is 15.4. The smallest absolute Gasteiger partial charge is 0.140 e. The van der Waals surface area contributed by atoms with Gasteiger partial charge in [-0.05, 0) is 43.2 Å². The lowest BCUT2D eigenvalue weighted by Gasteiger charge is -2.26. The van der Waals surface area contributed by atoms with Gasteiger partial charge in [-0.15, -0.1) is 0 Å². The summed E-state index contributed by atoms with van der Waals surface area (Å²) in [6.45, 7) is 4.02. The second-order valence-corrected chi connectivity index (χ2v) is 6.30. The lowest BCUT2D eigenvalue weighted by molar-refractivity contribution is 0.170. The largest absolute Gasteiger partial charge is 0.484 e. The van der Waals surface area contributed by atoms with E-state index in [1.54, 1.807) is 0 Å². The summed E-state index contributed by atoms with van der Waals surface area (Å²) >= 11 is 9.64. The maximum absolute atomic E-state index is 6.26. The van der Waals surface area contributed by atoms with Crippen molar-refractivity contribution >= 4 is 27.5 Å². The van der Waals surface area contributed by atoms with E-state index in [2.05, 4.69) is 22.9 Å². The number of nitrogens with two attached hydrogens (primary N) is 1. The molecule has 0 fully saturated rings. The lowest BCUT2D eigenvalue weighted by atomic mass is 10.0. The maximum Gasteiger partial charge on any atom is 0.140 e. The van der Waals surface area contributed by atoms with Gasteiger partial charge in [-0.1, -0.05) is 52.7 Å². The van der Waals surface area contributed by atoms with Gasteiger partial charge in [-0.25, -0.2) is 0 Å². The van der Waals surface area contributed by atoms with Crippen molar-refractivity contribution in [2.75, 3.05) is 0 Å². The zero-order valence-corrected chi connectivity index (χ0v) is 14.5. The first kappa shape index (κ1) is 16.3. The second kappa shape index (κ2) is 7.30. The third-order valence-corrected chi connectivity index (χ3v) is 4.61. The van der Waals surface area contributed by atoms with Crippen LogP contribution in [-0.2, 0) is 0 Å². The van der Waals surface area contributed by atoms with Gasteiger partial charge in [0.05, 0.1) is 0 Å². The fourth-order valence-electron chi connectivity index (χ4n) is 2.14. The number of hydrogen-bond donors (Lipinski definition) is 1. The monoisotopic (exact) mass is 367 g/mol. The average molecular weight is 369 g/mol. The summed E-state index contributed by atoms with van der Waals surface area (Å²) in [5.74, 6) is 0.779. The van der Waals surface area contributed by atoms with Crippen molar-refractivity contribution in [1.82, 2.24) is 0 Å². The molecular formula is C17H19BrClNO. The van der Waals surface area contributed by atoms with E-state index in [-0.39, 0.29) is 12.1 Å². The third-order valence-electron chi connectivity index (χ3n) is 3.46. The highest BCUT2D eigenvalue weighted by Gasteiger charge is 2.22. The number of rotatable bonds is 5. The summed E-state index contributed by atoms with van der Waals surface area (Å²) < 4.78 is 7.16. The summed E-state index contributed by atoms with van der Waals surface area (Å²) in [5.41, 5.74) is 8.31. The molecule has 0 aliphatic heterocycles. The van der Waals surface area contributed by atoms with Crippen molar-refractivity contribution in [3.05, 3.63) is 63.1 Å². The van der Waals surface area contributed by atoms with Crippen molar-refractivity contribution in [1.29, 1.82) is 0 Å². The van der Waals surface area contributed by atoms with Crippen LogP contribution in [0.2, 0.25) is 5.02 Å². The van der Waals surface area contributed by atoms with Crippen molar-refractivity contribution in [3.8, 4) is 5.75 Å². The fourth-order valence-corrected chi connectivity index (χ4v) is 2.77. The molecule has 0 saturated heterocycles. The SMILES string of the molecule is CCC(N)C(Oc1ccc(Cl)c(C)c1)c1ccccc1Br. The van der Waals surface area contributed by atoms with Crippen molar-refractivity contribution in [2.24, 2.45) is 5.73 Å². The summed E-state index contributed by atoms with van der Waals surface area (Å²) in [4.78, 5) is 0. The molecule has 0 heterocycles. The highest BCUT2D eigenvalue weighted by Crippen LogP contribution is 2.31. The fraction of sp³-hybridized carbons (Fsp3) is 0.294. The zero-order valence-electron chi connectivity index (χ0n) is 12.1. The van der Waals surface area contributed by atoms with Gasteiger partial charge >= 0.3 is 0 Å². The Morgan fingerprint density at radius 2 is 1.95 bits per heavy atom. The van der Waals surface area contributed by atoms with E-state index < -0.39 is 0 Å². The van der Waals surface area contributed by atoms with Crippen LogP contribution in [0.15, 0.2) is 46.9 Å². The van der Waals surface area contributed by atoms with Gasteiger partial charge in [0.25, 0.3) is 0 Å². The molecule has 2 rings (SSSR count). The predicted octanol–water partition coefficient (Wildman–Crippen LogP) is 5.27. The van der Waals surface area contributed by atoms with E-state index in [0.29, 0.717) is 0 Å². The van der Waals surface area contributed by atoms with E-state index in [1.165, 1.54) is 0 Å². The van der Waals surface area contributed by atoms with Crippen molar-refractivity contribution < 1.29 is 4.74 Å². The van der Waals surface area contributed by atoms with Crippen LogP contribution in [0, 0.1) is 6.92 Å². The highest BCUT2D eigenvalue weighted by molar-refractivity contribution is 9.10. The van der Waals surface area contributed by atoms with Crippen LogP contribution in [0.4, 0.5) is 0 Å². The van der Waals surface area contributed by atoms with Gasteiger partial charge in [0, 0.05) is 21.1 Å². The molecule has 2 aromatic carbocycles. The van der Waals surface area contributed by atoms with Gasteiger partial charge in [0.2, 0.25) is 0 Å². The first-order valence-electron chi connectivity index (χ1n) is 6.95. The molecule has 0 saturated carbocycles. The number of aryl methyl sites for hydroxylation is 1. The molecule has 2 atom stereocenters. The van der Waals surface area contributed by atoms with Gasteiger partial charge in [-0.3, -0.25) is 0 Å². The van der Waals surface area contributed by atoms with Crippen LogP contribution in [0.3, 0.4) is 0 Å². The molecule has 2 nitrogen and oxygen atoms in total. The quantitative estimate of drug-likeness (QED) is 0.780. The molecule has 112 valence electrons. The Bertz CT molecular complexity index is 617. The molecule has 21 heavy (non-hydrogen) atoms. The van der Waals surface area contributed by atoms with Gasteiger partial charge in [0.15, 0.2) is 0 Å². The molecule has 2 unspecified atom stereocenters. The molecule has 0 amide bonds. The minimum Gasteiger partial charge on any atom is -0.484 e. The molecule has 0 aliphatic rings. The molecule has 0 radical (unpaired) electrons. The van der Waals surface area contributed by atoms with Crippen LogP contribution in [0.5, 0.6) is 5.75 Å². The minimum absolute atomic E-state index is 0.0836. The van der Waals surface area contributed by atoms with Crippen LogP contribution < -0.4 is 10.5 Å². The van der Waals surface area contributed by atoms with Crippen molar-refractivity contribution in [3.63, 3.8) is 0 Å². The number of benzene rings is 2. The maximum atomic E-state index is 6.26. The van der Waals surface area contributed by atoms with E-state index in [4.69, 9.17) is 22.1 Å². The molecular weight excluding hydrogens is 350 g/mol. The Balaban J connectivity index is 2.33. The molecule has 0 spiro atoms. The Labute approximate surface area is 139 Å². The molecule has 2 aromatic rings. The summed E-state index contributed by atoms with van der Waals surface area (Å²) in [5, 5.41) is 0.736. The van der Waals surface area contributed by atoms with Gasteiger partial charge in [-0.2, -0.15) is 0 Å². The third kappa shape index (κ3) is 4.00. The van der Waals surface area contributed by atoms with Crippen molar-refractivity contribution in [2.45, 2.75) is 32.4 Å². The topological polar surface area (TPSA) is 35.2 Å². The Morgan fingerprint density at radius 3 is 2.57 bits per heavy atom. The summed E-state index contributed by atoms with van der Waals surface area (Å²) in [7, 11) is 0. The standard InChI is InChI=1S/C17H19BrClNO/c1-3-16(20)17(13-6-4-5-7-14(13)18)21-12-8-9-15(19)11(2)10-12/h4-10,16-17H,3,20H2,1-2H3. The van der Waals surface area contributed by atoms with Crippen LogP contribution >= 0.6 is 27.5 Å². The number of hydrogen-bond acceptors (Lipinski definition) is 2. The summed E-state index contributed by atoms with van der Waals surface area (Å²) in [6, 6.07) is 13.6. The first-order chi connectivity index (χ1) is 10.0. The first-order valence-corrected chi connectivity index (χ1v) is 8.12. The Hall–Kier alpha value is -1.03. The Kier molecular flexibility index (Phi) is 5.68. The molecule has 0 aromatic heterocycles. The molecule has 0 aliphatic carbocycles. The van der Waals surface area contributed by atoms with Crippen LogP contribution in [0.1, 0.15) is 30.6 Å². The van der Waals surface area contributed by atoms with Crippen LogP contribution in [-0.4, -0.2) is 6.04 Å². The Morgan fingerprint density at radius 1 is 1.24 bits per heavy atom. The highest BCUT2D eigenvalue weighted by atomic mass is 79.9. The second-order valence-electron chi connectivity index (χ2n) is 5.04. The lowest BCUT2D eigenvalue weighted by Crippen LogP contribution is -2.31. The van der Waals surface area contributed by atoms with E-state index in [9.17, 15) is 0 Å². The van der Waals surface area contributed by atoms with Crippen LogP contribution in [0.25, 0.3) is 0 Å². The van der Waals surface area contributed by atoms with E-state index in [0.717, 1.165) is 32.8 Å².